The highest BCUT2D eigenvalue weighted by Gasteiger charge is 2.23. The average molecular weight is 565 g/mol. The van der Waals surface area contributed by atoms with Crippen molar-refractivity contribution in [2.45, 2.75) is 0 Å². The van der Waals surface area contributed by atoms with Crippen LogP contribution in [0.4, 0.5) is 17.1 Å². The summed E-state index contributed by atoms with van der Waals surface area (Å²) in [6.07, 6.45) is 1.83. The van der Waals surface area contributed by atoms with Crippen LogP contribution < -0.4 is 4.90 Å². The minimum atomic E-state index is 0.775. The van der Waals surface area contributed by atoms with E-state index in [-0.39, 0.29) is 0 Å². The van der Waals surface area contributed by atoms with E-state index in [4.69, 9.17) is 9.40 Å². The third-order valence-electron chi connectivity index (χ3n) is 8.13. The lowest BCUT2D eigenvalue weighted by atomic mass is 9.96. The van der Waals surface area contributed by atoms with Gasteiger partial charge in [-0.15, -0.1) is 0 Å². The molecule has 0 atom stereocenters. The minimum absolute atomic E-state index is 0.775. The second kappa shape index (κ2) is 11.0. The number of furan rings is 1. The van der Waals surface area contributed by atoms with Crippen molar-refractivity contribution in [2.75, 3.05) is 4.90 Å². The molecule has 0 unspecified atom stereocenters. The third-order valence-corrected chi connectivity index (χ3v) is 8.13. The number of benzene rings is 6. The van der Waals surface area contributed by atoms with Crippen molar-refractivity contribution >= 4 is 39.1 Å². The van der Waals surface area contributed by atoms with Crippen LogP contribution in [0.2, 0.25) is 0 Å². The van der Waals surface area contributed by atoms with E-state index in [9.17, 15) is 0 Å². The van der Waals surface area contributed by atoms with Gasteiger partial charge < -0.3 is 9.32 Å². The Hall–Kier alpha value is -5.93. The zero-order valence-corrected chi connectivity index (χ0v) is 24.0. The zero-order valence-electron chi connectivity index (χ0n) is 24.0. The Morgan fingerprint density at radius 3 is 1.73 bits per heavy atom. The highest BCUT2D eigenvalue weighted by atomic mass is 16.3. The van der Waals surface area contributed by atoms with Crippen molar-refractivity contribution in [3.63, 3.8) is 0 Å². The van der Waals surface area contributed by atoms with Gasteiger partial charge in [0, 0.05) is 17.4 Å². The highest BCUT2D eigenvalue weighted by molar-refractivity contribution is 6.12. The maximum Gasteiger partial charge on any atom is 0.153 e. The molecule has 0 radical (unpaired) electrons. The van der Waals surface area contributed by atoms with Crippen molar-refractivity contribution in [1.82, 2.24) is 4.98 Å². The molecule has 208 valence electrons. The SMILES string of the molecule is c1ccc(-c2ccc(N(c3ccc(-c4ccccc4)cc3-c3ccccc3)c3cccc4oc5cccnc5c34)cc2)cc1. The Labute approximate surface area is 256 Å². The molecule has 0 aliphatic heterocycles. The van der Waals surface area contributed by atoms with Crippen LogP contribution >= 0.6 is 0 Å². The number of anilines is 3. The lowest BCUT2D eigenvalue weighted by Gasteiger charge is -2.29. The summed E-state index contributed by atoms with van der Waals surface area (Å²) < 4.78 is 6.29. The quantitative estimate of drug-likeness (QED) is 0.201. The Morgan fingerprint density at radius 2 is 1.02 bits per heavy atom. The molecule has 0 bridgehead atoms. The van der Waals surface area contributed by atoms with Crippen molar-refractivity contribution < 1.29 is 4.42 Å². The van der Waals surface area contributed by atoms with E-state index in [1.807, 2.05) is 30.5 Å². The number of hydrogen-bond acceptors (Lipinski definition) is 3. The van der Waals surface area contributed by atoms with Crippen LogP contribution in [0.15, 0.2) is 174 Å². The summed E-state index contributed by atoms with van der Waals surface area (Å²) in [5.41, 5.74) is 12.6. The van der Waals surface area contributed by atoms with Gasteiger partial charge in [0.1, 0.15) is 11.1 Å². The minimum Gasteiger partial charge on any atom is -0.454 e. The topological polar surface area (TPSA) is 29.3 Å². The Bertz CT molecular complexity index is 2200. The molecule has 44 heavy (non-hydrogen) atoms. The van der Waals surface area contributed by atoms with Crippen LogP contribution in [-0.2, 0) is 0 Å². The van der Waals surface area contributed by atoms with Gasteiger partial charge in [0.2, 0.25) is 0 Å². The van der Waals surface area contributed by atoms with Gasteiger partial charge in [-0.05, 0) is 76.3 Å². The van der Waals surface area contributed by atoms with Gasteiger partial charge in [-0.3, -0.25) is 4.98 Å². The van der Waals surface area contributed by atoms with E-state index in [0.717, 1.165) is 50.3 Å². The molecule has 0 spiro atoms. The summed E-state index contributed by atoms with van der Waals surface area (Å²) >= 11 is 0. The van der Waals surface area contributed by atoms with Crippen molar-refractivity contribution in [2.24, 2.45) is 0 Å². The van der Waals surface area contributed by atoms with Gasteiger partial charge in [-0.2, -0.15) is 0 Å². The van der Waals surface area contributed by atoms with Crippen molar-refractivity contribution in [3.05, 3.63) is 170 Å². The number of aromatic nitrogens is 1. The average Bonchev–Trinajstić information content (AvgIpc) is 3.49. The normalized spacial score (nSPS) is 11.2. The molecule has 0 N–H and O–H groups in total. The first-order valence-electron chi connectivity index (χ1n) is 14.8. The fourth-order valence-electron chi connectivity index (χ4n) is 6.04. The summed E-state index contributed by atoms with van der Waals surface area (Å²) in [4.78, 5) is 7.11. The first-order valence-corrected chi connectivity index (χ1v) is 14.8. The van der Waals surface area contributed by atoms with Gasteiger partial charge in [0.05, 0.1) is 16.8 Å². The van der Waals surface area contributed by atoms with E-state index < -0.39 is 0 Å². The molecule has 8 rings (SSSR count). The number of rotatable bonds is 6. The molecule has 0 aliphatic rings. The van der Waals surface area contributed by atoms with Crippen molar-refractivity contribution in [3.8, 4) is 33.4 Å². The van der Waals surface area contributed by atoms with Crippen LogP contribution in [-0.4, -0.2) is 4.98 Å². The monoisotopic (exact) mass is 564 g/mol. The maximum atomic E-state index is 6.29. The van der Waals surface area contributed by atoms with Crippen LogP contribution in [0.25, 0.3) is 55.4 Å². The molecule has 3 heteroatoms. The Balaban J connectivity index is 1.40. The Kier molecular flexibility index (Phi) is 6.47. The van der Waals surface area contributed by atoms with Crippen LogP contribution in [0.5, 0.6) is 0 Å². The second-order valence-corrected chi connectivity index (χ2v) is 10.8. The van der Waals surface area contributed by atoms with Crippen LogP contribution in [0.1, 0.15) is 0 Å². The fourth-order valence-corrected chi connectivity index (χ4v) is 6.04. The van der Waals surface area contributed by atoms with E-state index in [0.29, 0.717) is 0 Å². The van der Waals surface area contributed by atoms with E-state index in [2.05, 4.69) is 144 Å². The molecular weight excluding hydrogens is 536 g/mol. The first kappa shape index (κ1) is 25.8. The second-order valence-electron chi connectivity index (χ2n) is 10.8. The summed E-state index contributed by atoms with van der Waals surface area (Å²) in [6.45, 7) is 0. The molecule has 0 fully saturated rings. The first-order chi connectivity index (χ1) is 21.8. The van der Waals surface area contributed by atoms with Crippen LogP contribution in [0, 0.1) is 0 Å². The molecule has 8 aromatic rings. The van der Waals surface area contributed by atoms with Gasteiger partial charge in [-0.1, -0.05) is 115 Å². The largest absolute Gasteiger partial charge is 0.454 e. The van der Waals surface area contributed by atoms with Gasteiger partial charge in [-0.25, -0.2) is 0 Å². The van der Waals surface area contributed by atoms with E-state index in [1.165, 1.54) is 22.3 Å². The molecular formula is C41H28N2O. The molecule has 0 aliphatic carbocycles. The van der Waals surface area contributed by atoms with Gasteiger partial charge in [0.15, 0.2) is 5.58 Å². The number of hydrogen-bond donors (Lipinski definition) is 0. The molecule has 0 saturated carbocycles. The molecule has 2 heterocycles. The van der Waals surface area contributed by atoms with E-state index in [1.54, 1.807) is 0 Å². The summed E-state index contributed by atoms with van der Waals surface area (Å²) in [7, 11) is 0. The lowest BCUT2D eigenvalue weighted by molar-refractivity contribution is 0.668. The summed E-state index contributed by atoms with van der Waals surface area (Å²) in [6, 6.07) is 57.4. The lowest BCUT2D eigenvalue weighted by Crippen LogP contribution is -2.12. The van der Waals surface area contributed by atoms with Crippen LogP contribution in [0.3, 0.4) is 0 Å². The highest BCUT2D eigenvalue weighted by Crippen LogP contribution is 2.46. The van der Waals surface area contributed by atoms with Gasteiger partial charge in [0.25, 0.3) is 0 Å². The molecule has 2 aromatic heterocycles. The number of pyridine rings is 1. The number of fused-ring (bicyclic) bond motifs is 3. The smallest absolute Gasteiger partial charge is 0.153 e. The molecule has 0 amide bonds. The predicted octanol–water partition coefficient (Wildman–Crippen LogP) is 11.5. The number of nitrogens with zero attached hydrogens (tertiary/aromatic N) is 2. The van der Waals surface area contributed by atoms with Crippen molar-refractivity contribution in [1.29, 1.82) is 0 Å². The fraction of sp³-hybridized carbons (Fsp3) is 0. The summed E-state index contributed by atoms with van der Waals surface area (Å²) in [5, 5.41) is 0.987. The third kappa shape index (κ3) is 4.61. The Morgan fingerprint density at radius 1 is 0.432 bits per heavy atom. The zero-order chi connectivity index (χ0) is 29.3. The molecule has 6 aromatic carbocycles. The van der Waals surface area contributed by atoms with Gasteiger partial charge >= 0.3 is 0 Å². The molecule has 3 nitrogen and oxygen atoms in total. The standard InChI is InChI=1S/C41H28N2O/c1-4-12-29(13-5-1)31-21-24-34(25-22-31)43(37-18-10-19-38-40(37)41-39(44-38)20-11-27-42-41)36-26-23-33(30-14-6-2-7-15-30)28-35(36)32-16-8-3-9-17-32/h1-28H. The maximum absolute atomic E-state index is 6.29. The predicted molar refractivity (Wildman–Crippen MR) is 183 cm³/mol. The summed E-state index contributed by atoms with van der Waals surface area (Å²) in [5.74, 6) is 0. The molecule has 0 saturated heterocycles. The van der Waals surface area contributed by atoms with E-state index >= 15 is 0 Å².